The number of carbonyl (C=O) groups excluding carboxylic acids is 1. The van der Waals surface area contributed by atoms with E-state index in [1.54, 1.807) is 55.2 Å². The van der Waals surface area contributed by atoms with Crippen molar-refractivity contribution in [3.05, 3.63) is 125 Å². The van der Waals surface area contributed by atoms with Crippen LogP contribution in [0.1, 0.15) is 45.6 Å². The smallest absolute Gasteiger partial charge is 0.258 e. The third-order valence-electron chi connectivity index (χ3n) is 8.41. The number of hydrogen-bond donors (Lipinski definition) is 0. The molecular formula is C35H33F2N3OS. The van der Waals surface area contributed by atoms with Gasteiger partial charge in [0.05, 0.1) is 0 Å². The Morgan fingerprint density at radius 3 is 2.45 bits per heavy atom. The third-order valence-corrected chi connectivity index (χ3v) is 9.41. The standard InChI is InChI=1S/C35H33F2N3OS/c1-24-5-6-26(21-32(24)37)4-3-17-39-18-14-35(15-19-39)23-40(34(41)27-13-16-38-25(2)20-27)33-12-11-30(22-31(33)35)42-29-9-7-28(36)8-10-29/h3-13,16,20-22H,14-15,17-19,23H2,1-2H3/b4-3+. The molecule has 1 saturated heterocycles. The average molecular weight is 582 g/mol. The van der Waals surface area contributed by atoms with E-state index in [-0.39, 0.29) is 23.0 Å². The third kappa shape index (κ3) is 5.90. The topological polar surface area (TPSA) is 36.4 Å². The molecule has 3 heterocycles. The Labute approximate surface area is 250 Å². The molecule has 3 aromatic carbocycles. The lowest BCUT2D eigenvalue weighted by Gasteiger charge is -2.39. The second-order valence-electron chi connectivity index (χ2n) is 11.3. The number of rotatable bonds is 6. The summed E-state index contributed by atoms with van der Waals surface area (Å²) in [7, 11) is 0. The van der Waals surface area contributed by atoms with E-state index < -0.39 is 0 Å². The summed E-state index contributed by atoms with van der Waals surface area (Å²) in [4.78, 5) is 24.5. The van der Waals surface area contributed by atoms with Crippen LogP contribution < -0.4 is 4.90 Å². The molecule has 1 fully saturated rings. The Bertz CT molecular complexity index is 1640. The molecule has 42 heavy (non-hydrogen) atoms. The number of carbonyl (C=O) groups is 1. The molecule has 2 aliphatic heterocycles. The lowest BCUT2D eigenvalue weighted by atomic mass is 9.74. The van der Waals surface area contributed by atoms with Crippen LogP contribution in [0.15, 0.2) is 94.9 Å². The van der Waals surface area contributed by atoms with Gasteiger partial charge in [0.2, 0.25) is 0 Å². The number of aromatic nitrogens is 1. The Morgan fingerprint density at radius 1 is 0.952 bits per heavy atom. The number of aryl methyl sites for hydroxylation is 2. The highest BCUT2D eigenvalue weighted by molar-refractivity contribution is 7.99. The number of fused-ring (bicyclic) bond motifs is 2. The van der Waals surface area contributed by atoms with E-state index in [0.29, 0.717) is 17.7 Å². The van der Waals surface area contributed by atoms with Crippen molar-refractivity contribution >= 4 is 29.4 Å². The first-order chi connectivity index (χ1) is 20.3. The van der Waals surface area contributed by atoms with Crippen molar-refractivity contribution < 1.29 is 13.6 Å². The van der Waals surface area contributed by atoms with Gasteiger partial charge in [-0.25, -0.2) is 8.78 Å². The number of piperidine rings is 1. The van der Waals surface area contributed by atoms with E-state index in [2.05, 4.69) is 34.2 Å². The Morgan fingerprint density at radius 2 is 1.71 bits per heavy atom. The van der Waals surface area contributed by atoms with E-state index in [9.17, 15) is 13.6 Å². The van der Waals surface area contributed by atoms with Crippen LogP contribution in [0.4, 0.5) is 14.5 Å². The normalized spacial score (nSPS) is 16.3. The molecule has 0 bridgehead atoms. The van der Waals surface area contributed by atoms with Gasteiger partial charge in [0, 0.05) is 51.4 Å². The average Bonchev–Trinajstić information content (AvgIpc) is 3.30. The minimum atomic E-state index is -0.250. The summed E-state index contributed by atoms with van der Waals surface area (Å²) in [6.07, 6.45) is 7.62. The molecular weight excluding hydrogens is 548 g/mol. The van der Waals surface area contributed by atoms with E-state index >= 15 is 0 Å². The maximum Gasteiger partial charge on any atom is 0.258 e. The van der Waals surface area contributed by atoms with Gasteiger partial charge >= 0.3 is 0 Å². The van der Waals surface area contributed by atoms with Crippen molar-refractivity contribution in [1.29, 1.82) is 0 Å². The number of pyridine rings is 1. The summed E-state index contributed by atoms with van der Waals surface area (Å²) in [5.41, 5.74) is 5.00. The molecule has 0 N–H and O–H groups in total. The predicted molar refractivity (Wildman–Crippen MR) is 165 cm³/mol. The van der Waals surface area contributed by atoms with Gasteiger partial charge in [-0.1, -0.05) is 36.0 Å². The Hall–Kier alpha value is -3.81. The zero-order chi connectivity index (χ0) is 29.3. The largest absolute Gasteiger partial charge is 0.307 e. The minimum absolute atomic E-state index is 0.00624. The van der Waals surface area contributed by atoms with Crippen molar-refractivity contribution in [2.45, 2.75) is 41.9 Å². The van der Waals surface area contributed by atoms with Crippen LogP contribution in [0.5, 0.6) is 0 Å². The molecule has 4 aromatic rings. The van der Waals surface area contributed by atoms with Gasteiger partial charge in [0.25, 0.3) is 5.91 Å². The molecule has 2 aliphatic rings. The molecule has 1 aromatic heterocycles. The van der Waals surface area contributed by atoms with Crippen LogP contribution in [0.3, 0.4) is 0 Å². The molecule has 0 saturated carbocycles. The van der Waals surface area contributed by atoms with Crippen LogP contribution >= 0.6 is 11.8 Å². The maximum atomic E-state index is 13.9. The SMILES string of the molecule is Cc1cc(C(=O)N2CC3(CCN(C/C=C/c4ccc(C)c(F)c4)CC3)c3cc(Sc4ccc(F)cc4)ccc32)ccn1. The van der Waals surface area contributed by atoms with Gasteiger partial charge in [-0.05, 0) is 117 Å². The summed E-state index contributed by atoms with van der Waals surface area (Å²) in [6.45, 7) is 6.90. The van der Waals surface area contributed by atoms with Crippen LogP contribution in [0.25, 0.3) is 6.08 Å². The number of benzene rings is 3. The fourth-order valence-electron chi connectivity index (χ4n) is 6.01. The van der Waals surface area contributed by atoms with E-state index in [1.165, 1.54) is 17.7 Å². The summed E-state index contributed by atoms with van der Waals surface area (Å²) in [5, 5.41) is 0. The second kappa shape index (κ2) is 11.8. The molecule has 1 amide bonds. The number of likely N-dealkylation sites (tertiary alicyclic amines) is 1. The first-order valence-electron chi connectivity index (χ1n) is 14.3. The Kier molecular flexibility index (Phi) is 7.97. The molecule has 7 heteroatoms. The highest BCUT2D eigenvalue weighted by Crippen LogP contribution is 2.49. The quantitative estimate of drug-likeness (QED) is 0.233. The highest BCUT2D eigenvalue weighted by Gasteiger charge is 2.46. The summed E-state index contributed by atoms with van der Waals surface area (Å²) < 4.78 is 27.4. The maximum absolute atomic E-state index is 13.9. The zero-order valence-corrected chi connectivity index (χ0v) is 24.6. The van der Waals surface area contributed by atoms with Gasteiger partial charge in [-0.15, -0.1) is 0 Å². The van der Waals surface area contributed by atoms with Crippen molar-refractivity contribution in [2.75, 3.05) is 31.1 Å². The first kappa shape index (κ1) is 28.3. The molecule has 0 unspecified atom stereocenters. The Balaban J connectivity index is 1.23. The second-order valence-corrected chi connectivity index (χ2v) is 12.5. The molecule has 0 atom stereocenters. The summed E-state index contributed by atoms with van der Waals surface area (Å²) in [5.74, 6) is -0.441. The number of anilines is 1. The van der Waals surface area contributed by atoms with E-state index in [4.69, 9.17) is 0 Å². The van der Waals surface area contributed by atoms with Crippen LogP contribution in [-0.2, 0) is 5.41 Å². The van der Waals surface area contributed by atoms with Crippen LogP contribution in [-0.4, -0.2) is 42.0 Å². The molecule has 0 radical (unpaired) electrons. The van der Waals surface area contributed by atoms with Crippen LogP contribution in [0.2, 0.25) is 0 Å². The highest BCUT2D eigenvalue weighted by atomic mass is 32.2. The predicted octanol–water partition coefficient (Wildman–Crippen LogP) is 7.84. The number of halogens is 2. The molecule has 6 rings (SSSR count). The van der Waals surface area contributed by atoms with Crippen molar-refractivity contribution in [2.24, 2.45) is 0 Å². The number of amides is 1. The van der Waals surface area contributed by atoms with Gasteiger partial charge < -0.3 is 4.90 Å². The van der Waals surface area contributed by atoms with E-state index in [1.807, 2.05) is 30.0 Å². The van der Waals surface area contributed by atoms with Gasteiger partial charge in [-0.3, -0.25) is 14.7 Å². The lowest BCUT2D eigenvalue weighted by Crippen LogP contribution is -2.46. The fraction of sp³-hybridized carbons (Fsp3) is 0.257. The molecule has 1 spiro atoms. The molecule has 0 aliphatic carbocycles. The zero-order valence-electron chi connectivity index (χ0n) is 23.8. The monoisotopic (exact) mass is 581 g/mol. The fourth-order valence-corrected chi connectivity index (χ4v) is 6.87. The molecule has 214 valence electrons. The van der Waals surface area contributed by atoms with Crippen LogP contribution in [0, 0.1) is 25.5 Å². The summed E-state index contributed by atoms with van der Waals surface area (Å²) in [6, 6.07) is 21.8. The van der Waals surface area contributed by atoms with Crippen molar-refractivity contribution in [1.82, 2.24) is 9.88 Å². The first-order valence-corrected chi connectivity index (χ1v) is 15.1. The summed E-state index contributed by atoms with van der Waals surface area (Å²) >= 11 is 1.60. The van der Waals surface area contributed by atoms with E-state index in [0.717, 1.165) is 59.2 Å². The van der Waals surface area contributed by atoms with Crippen molar-refractivity contribution in [3.8, 4) is 0 Å². The minimum Gasteiger partial charge on any atom is -0.307 e. The van der Waals surface area contributed by atoms with Crippen molar-refractivity contribution in [3.63, 3.8) is 0 Å². The number of nitrogens with zero attached hydrogens (tertiary/aromatic N) is 3. The van der Waals surface area contributed by atoms with Gasteiger partial charge in [0.1, 0.15) is 11.6 Å². The van der Waals surface area contributed by atoms with Gasteiger partial charge in [0.15, 0.2) is 0 Å². The molecule has 4 nitrogen and oxygen atoms in total. The van der Waals surface area contributed by atoms with Gasteiger partial charge in [-0.2, -0.15) is 0 Å². The number of hydrogen-bond acceptors (Lipinski definition) is 4. The lowest BCUT2D eigenvalue weighted by molar-refractivity contribution is 0.0977.